The molecule has 0 aliphatic carbocycles. The second kappa shape index (κ2) is 3.56. The van der Waals surface area contributed by atoms with Gasteiger partial charge < -0.3 is 9.47 Å². The van der Waals surface area contributed by atoms with Crippen LogP contribution in [0.2, 0.25) is 0 Å². The molecule has 3 rings (SSSR count). The molecule has 75 valence electrons. The Morgan fingerprint density at radius 3 is 2.87 bits per heavy atom. The SMILES string of the molecule is [c]1nnc2ccccc2c1C1OCCO1. The predicted molar refractivity (Wildman–Crippen MR) is 53.0 cm³/mol. The zero-order valence-corrected chi connectivity index (χ0v) is 8.01. The maximum absolute atomic E-state index is 5.43. The van der Waals surface area contributed by atoms with Crippen molar-refractivity contribution in [2.45, 2.75) is 6.29 Å². The van der Waals surface area contributed by atoms with E-state index in [-0.39, 0.29) is 6.29 Å². The molecule has 0 amide bonds. The Balaban J connectivity index is 2.16. The fourth-order valence-corrected chi connectivity index (χ4v) is 1.69. The van der Waals surface area contributed by atoms with Crippen molar-refractivity contribution in [3.63, 3.8) is 0 Å². The lowest BCUT2D eigenvalue weighted by Crippen LogP contribution is -2.01. The fraction of sp³-hybridized carbons (Fsp3) is 0.273. The van der Waals surface area contributed by atoms with Crippen LogP contribution in [0.5, 0.6) is 0 Å². The molecule has 4 nitrogen and oxygen atoms in total. The van der Waals surface area contributed by atoms with E-state index in [1.165, 1.54) is 0 Å². The van der Waals surface area contributed by atoms with Crippen LogP contribution in [0.3, 0.4) is 0 Å². The molecule has 0 bridgehead atoms. The molecule has 1 aromatic heterocycles. The predicted octanol–water partition coefficient (Wildman–Crippen LogP) is 1.48. The van der Waals surface area contributed by atoms with Gasteiger partial charge in [0.15, 0.2) is 6.29 Å². The summed E-state index contributed by atoms with van der Waals surface area (Å²) in [5, 5.41) is 8.80. The molecule has 2 aromatic rings. The molecule has 2 heterocycles. The van der Waals surface area contributed by atoms with Gasteiger partial charge in [-0.1, -0.05) is 18.2 Å². The van der Waals surface area contributed by atoms with Crippen LogP contribution >= 0.6 is 0 Å². The zero-order valence-electron chi connectivity index (χ0n) is 8.01. The minimum atomic E-state index is -0.342. The highest BCUT2D eigenvalue weighted by Crippen LogP contribution is 2.27. The third-order valence-corrected chi connectivity index (χ3v) is 2.38. The number of aromatic nitrogens is 2. The molecular weight excluding hydrogens is 192 g/mol. The van der Waals surface area contributed by atoms with Gasteiger partial charge in [0.05, 0.1) is 18.7 Å². The van der Waals surface area contributed by atoms with Crippen molar-refractivity contribution in [1.82, 2.24) is 10.2 Å². The van der Waals surface area contributed by atoms with E-state index in [4.69, 9.17) is 9.47 Å². The van der Waals surface area contributed by atoms with E-state index in [2.05, 4.69) is 16.4 Å². The highest BCUT2D eigenvalue weighted by Gasteiger charge is 2.21. The number of benzene rings is 1. The van der Waals surface area contributed by atoms with Gasteiger partial charge in [0, 0.05) is 10.9 Å². The van der Waals surface area contributed by atoms with Crippen molar-refractivity contribution in [3.8, 4) is 0 Å². The monoisotopic (exact) mass is 201 g/mol. The summed E-state index contributed by atoms with van der Waals surface area (Å²) in [5.74, 6) is 0. The molecule has 1 aromatic carbocycles. The Morgan fingerprint density at radius 2 is 2.00 bits per heavy atom. The Bertz CT molecular complexity index is 475. The van der Waals surface area contributed by atoms with Gasteiger partial charge in [-0.05, 0) is 6.07 Å². The zero-order chi connectivity index (χ0) is 10.1. The van der Waals surface area contributed by atoms with Gasteiger partial charge in [0.1, 0.15) is 6.20 Å². The lowest BCUT2D eigenvalue weighted by molar-refractivity contribution is -0.0434. The Hall–Kier alpha value is -1.52. The van der Waals surface area contributed by atoms with Crippen LogP contribution in [0.1, 0.15) is 11.9 Å². The van der Waals surface area contributed by atoms with Crippen LogP contribution in [0.15, 0.2) is 24.3 Å². The number of hydrogen-bond donors (Lipinski definition) is 0. The van der Waals surface area contributed by atoms with Crippen molar-refractivity contribution in [3.05, 3.63) is 36.0 Å². The first-order valence-corrected chi connectivity index (χ1v) is 4.81. The third kappa shape index (κ3) is 1.48. The summed E-state index contributed by atoms with van der Waals surface area (Å²) in [5.41, 5.74) is 1.67. The van der Waals surface area contributed by atoms with E-state index in [1.54, 1.807) is 0 Å². The van der Waals surface area contributed by atoms with E-state index in [0.29, 0.717) is 13.2 Å². The Kier molecular flexibility index (Phi) is 2.08. The van der Waals surface area contributed by atoms with Gasteiger partial charge in [-0.3, -0.25) is 0 Å². The van der Waals surface area contributed by atoms with E-state index < -0.39 is 0 Å². The minimum absolute atomic E-state index is 0.342. The van der Waals surface area contributed by atoms with Crippen molar-refractivity contribution < 1.29 is 9.47 Å². The number of fused-ring (bicyclic) bond motifs is 1. The van der Waals surface area contributed by atoms with Crippen LogP contribution in [0.25, 0.3) is 10.9 Å². The fourth-order valence-electron chi connectivity index (χ4n) is 1.69. The number of hydrogen-bond acceptors (Lipinski definition) is 4. The third-order valence-electron chi connectivity index (χ3n) is 2.38. The summed E-state index contributed by atoms with van der Waals surface area (Å²) >= 11 is 0. The summed E-state index contributed by atoms with van der Waals surface area (Å²) in [6.45, 7) is 1.24. The highest BCUT2D eigenvalue weighted by atomic mass is 16.7. The van der Waals surface area contributed by atoms with E-state index >= 15 is 0 Å². The van der Waals surface area contributed by atoms with Gasteiger partial charge in [-0.2, -0.15) is 0 Å². The maximum atomic E-state index is 5.43. The van der Waals surface area contributed by atoms with E-state index in [0.717, 1.165) is 16.5 Å². The van der Waals surface area contributed by atoms with Gasteiger partial charge >= 0.3 is 0 Å². The second-order valence-corrected chi connectivity index (χ2v) is 3.32. The molecular formula is C11H9N2O2. The highest BCUT2D eigenvalue weighted by molar-refractivity contribution is 5.81. The van der Waals surface area contributed by atoms with Crippen molar-refractivity contribution in [1.29, 1.82) is 0 Å². The van der Waals surface area contributed by atoms with E-state index in [1.807, 2.05) is 24.3 Å². The van der Waals surface area contributed by atoms with Gasteiger partial charge in [-0.15, -0.1) is 10.2 Å². The normalized spacial score (nSPS) is 17.3. The lowest BCUT2D eigenvalue weighted by Gasteiger charge is -2.10. The average Bonchev–Trinajstić information content (AvgIpc) is 2.82. The molecule has 1 saturated heterocycles. The van der Waals surface area contributed by atoms with Crippen LogP contribution in [0.4, 0.5) is 0 Å². The molecule has 0 N–H and O–H groups in total. The standard InChI is InChI=1S/C11H9N2O2/c1-2-4-10-8(3-1)9(7-12-13-10)11-14-5-6-15-11/h1-4,11H,5-6H2. The van der Waals surface area contributed by atoms with Gasteiger partial charge in [0.25, 0.3) is 0 Å². The quantitative estimate of drug-likeness (QED) is 0.700. The summed E-state index contributed by atoms with van der Waals surface area (Å²) in [6.07, 6.45) is 2.50. The molecule has 1 radical (unpaired) electrons. The topological polar surface area (TPSA) is 44.2 Å². The van der Waals surface area contributed by atoms with Crippen LogP contribution in [-0.4, -0.2) is 23.4 Å². The maximum Gasteiger partial charge on any atom is 0.186 e. The summed E-state index contributed by atoms with van der Waals surface area (Å²) in [7, 11) is 0. The summed E-state index contributed by atoms with van der Waals surface area (Å²) in [6, 6.07) is 7.77. The molecule has 15 heavy (non-hydrogen) atoms. The Labute approximate surface area is 86.8 Å². The minimum Gasteiger partial charge on any atom is -0.346 e. The number of nitrogens with zero attached hydrogens (tertiary/aromatic N) is 2. The largest absolute Gasteiger partial charge is 0.346 e. The molecule has 0 spiro atoms. The molecule has 0 unspecified atom stereocenters. The first kappa shape index (κ1) is 8.76. The first-order chi connectivity index (χ1) is 7.45. The average molecular weight is 201 g/mol. The van der Waals surface area contributed by atoms with Crippen LogP contribution in [0, 0.1) is 6.20 Å². The van der Waals surface area contributed by atoms with Crippen molar-refractivity contribution in [2.24, 2.45) is 0 Å². The van der Waals surface area contributed by atoms with Crippen molar-refractivity contribution in [2.75, 3.05) is 13.2 Å². The second-order valence-electron chi connectivity index (χ2n) is 3.32. The molecule has 0 saturated carbocycles. The summed E-state index contributed by atoms with van der Waals surface area (Å²) < 4.78 is 10.9. The summed E-state index contributed by atoms with van der Waals surface area (Å²) in [4.78, 5) is 0. The smallest absolute Gasteiger partial charge is 0.186 e. The molecule has 4 heteroatoms. The molecule has 1 aliphatic rings. The molecule has 0 atom stereocenters. The molecule has 1 fully saturated rings. The van der Waals surface area contributed by atoms with Gasteiger partial charge in [0.2, 0.25) is 0 Å². The Morgan fingerprint density at radius 1 is 1.20 bits per heavy atom. The van der Waals surface area contributed by atoms with E-state index in [9.17, 15) is 0 Å². The first-order valence-electron chi connectivity index (χ1n) is 4.81. The number of rotatable bonds is 1. The van der Waals surface area contributed by atoms with Crippen LogP contribution in [-0.2, 0) is 9.47 Å². The number of ether oxygens (including phenoxy) is 2. The molecule has 1 aliphatic heterocycles. The van der Waals surface area contributed by atoms with Gasteiger partial charge in [-0.25, -0.2) is 0 Å². The van der Waals surface area contributed by atoms with Crippen LogP contribution < -0.4 is 0 Å². The van der Waals surface area contributed by atoms with Crippen molar-refractivity contribution >= 4 is 10.9 Å². The lowest BCUT2D eigenvalue weighted by atomic mass is 10.1.